The van der Waals surface area contributed by atoms with Gasteiger partial charge in [0.1, 0.15) is 0 Å². The molecule has 0 unspecified atom stereocenters. The van der Waals surface area contributed by atoms with Crippen LogP contribution in [0.15, 0.2) is 24.3 Å². The Morgan fingerprint density at radius 3 is 2.14 bits per heavy atom. The van der Waals surface area contributed by atoms with Crippen LogP contribution in [0.2, 0.25) is 0 Å². The Bertz CT molecular complexity index is 1200. The second-order valence-electron chi connectivity index (χ2n) is 7.64. The molecular formula is C18H17F9N6O3S. The second-order valence-corrected chi connectivity index (χ2v) is 9.57. The highest BCUT2D eigenvalue weighted by Gasteiger charge is 2.50. The summed E-state index contributed by atoms with van der Waals surface area (Å²) in [4.78, 5) is 11.1. The number of alkyl halides is 9. The molecule has 0 amide bonds. The molecule has 37 heavy (non-hydrogen) atoms. The molecule has 2 heterocycles. The molecule has 2 aromatic rings. The summed E-state index contributed by atoms with van der Waals surface area (Å²) in [5, 5.41) is 5.04. The van der Waals surface area contributed by atoms with Gasteiger partial charge in [0.05, 0.1) is 5.56 Å². The van der Waals surface area contributed by atoms with E-state index in [4.69, 9.17) is 0 Å². The lowest BCUT2D eigenvalue weighted by Gasteiger charge is -2.31. The number of benzene rings is 1. The zero-order valence-electron chi connectivity index (χ0n) is 18.2. The third-order valence-electron chi connectivity index (χ3n) is 4.85. The third-order valence-corrected chi connectivity index (χ3v) is 6.48. The number of halogens is 9. The van der Waals surface area contributed by atoms with Crippen molar-refractivity contribution in [2.24, 2.45) is 0 Å². The van der Waals surface area contributed by atoms with Crippen LogP contribution < -0.4 is 15.4 Å². The summed E-state index contributed by atoms with van der Waals surface area (Å²) in [5.41, 5.74) is -6.67. The molecule has 0 spiro atoms. The largest absolute Gasteiger partial charge is 0.511 e. The average molecular weight is 568 g/mol. The lowest BCUT2D eigenvalue weighted by Crippen LogP contribution is -2.47. The molecule has 1 fully saturated rings. The van der Waals surface area contributed by atoms with Crippen LogP contribution in [0.5, 0.6) is 6.01 Å². The number of hydrogen-bond donors (Lipinski definition) is 2. The number of rotatable bonds is 7. The maximum absolute atomic E-state index is 13.0. The van der Waals surface area contributed by atoms with E-state index in [9.17, 15) is 47.9 Å². The van der Waals surface area contributed by atoms with Crippen LogP contribution in [0.1, 0.15) is 18.4 Å². The van der Waals surface area contributed by atoms with Crippen LogP contribution in [0.3, 0.4) is 0 Å². The van der Waals surface area contributed by atoms with Crippen LogP contribution in [-0.4, -0.2) is 65.1 Å². The Balaban J connectivity index is 1.79. The SMILES string of the molecule is O=S(=O)(N1CCC(Nc2nc(Nc3cccc(C(F)(F)F)c3)nc(OCC(F)(F)F)n2)CC1)C(F)(F)F. The van der Waals surface area contributed by atoms with Gasteiger partial charge in [-0.3, -0.25) is 0 Å². The van der Waals surface area contributed by atoms with E-state index < -0.39 is 77.1 Å². The first-order valence-electron chi connectivity index (χ1n) is 10.2. The summed E-state index contributed by atoms with van der Waals surface area (Å²) >= 11 is 0. The molecule has 1 saturated heterocycles. The molecule has 206 valence electrons. The number of nitrogens with one attached hydrogen (secondary N) is 2. The van der Waals surface area contributed by atoms with Crippen molar-refractivity contribution in [1.29, 1.82) is 0 Å². The van der Waals surface area contributed by atoms with Crippen molar-refractivity contribution in [3.8, 4) is 6.01 Å². The summed E-state index contributed by atoms with van der Waals surface area (Å²) in [6.07, 6.45) is -9.74. The van der Waals surface area contributed by atoms with Crippen LogP contribution in [0, 0.1) is 0 Å². The van der Waals surface area contributed by atoms with Gasteiger partial charge in [-0.25, -0.2) is 8.42 Å². The fraction of sp³-hybridized carbons (Fsp3) is 0.500. The maximum Gasteiger partial charge on any atom is 0.511 e. The van der Waals surface area contributed by atoms with Crippen LogP contribution in [-0.2, 0) is 16.2 Å². The number of sulfonamides is 1. The van der Waals surface area contributed by atoms with Gasteiger partial charge in [0.25, 0.3) is 0 Å². The number of aromatic nitrogens is 3. The lowest BCUT2D eigenvalue weighted by atomic mass is 10.1. The number of anilines is 3. The Morgan fingerprint density at radius 1 is 0.946 bits per heavy atom. The lowest BCUT2D eigenvalue weighted by molar-refractivity contribution is -0.154. The second kappa shape index (κ2) is 10.3. The van der Waals surface area contributed by atoms with E-state index in [0.717, 1.165) is 12.1 Å². The van der Waals surface area contributed by atoms with E-state index in [1.165, 1.54) is 6.07 Å². The summed E-state index contributed by atoms with van der Waals surface area (Å²) in [5.74, 6) is -0.898. The molecule has 1 aromatic heterocycles. The van der Waals surface area contributed by atoms with Crippen LogP contribution in [0.4, 0.5) is 57.1 Å². The van der Waals surface area contributed by atoms with Crippen LogP contribution >= 0.6 is 0 Å². The van der Waals surface area contributed by atoms with Crippen molar-refractivity contribution in [3.63, 3.8) is 0 Å². The van der Waals surface area contributed by atoms with Crippen molar-refractivity contribution in [1.82, 2.24) is 19.3 Å². The number of piperidine rings is 1. The molecule has 1 aliphatic heterocycles. The molecular weight excluding hydrogens is 551 g/mol. The Kier molecular flexibility index (Phi) is 7.96. The molecule has 0 atom stereocenters. The zero-order chi connectivity index (χ0) is 27.6. The van der Waals surface area contributed by atoms with E-state index in [-0.39, 0.29) is 22.8 Å². The minimum absolute atomic E-state index is 0.143. The fourth-order valence-electron chi connectivity index (χ4n) is 3.16. The van der Waals surface area contributed by atoms with Gasteiger partial charge >= 0.3 is 33.9 Å². The first-order chi connectivity index (χ1) is 16.9. The van der Waals surface area contributed by atoms with Gasteiger partial charge in [0.2, 0.25) is 11.9 Å². The number of ether oxygens (including phenoxy) is 1. The van der Waals surface area contributed by atoms with Gasteiger partial charge in [0.15, 0.2) is 6.61 Å². The first kappa shape index (κ1) is 28.5. The maximum atomic E-state index is 13.0. The summed E-state index contributed by atoms with van der Waals surface area (Å²) in [7, 11) is -5.53. The predicted octanol–water partition coefficient (Wildman–Crippen LogP) is 4.30. The van der Waals surface area contributed by atoms with Gasteiger partial charge in [-0.05, 0) is 31.0 Å². The molecule has 1 aromatic carbocycles. The van der Waals surface area contributed by atoms with E-state index in [1.807, 2.05) is 0 Å². The molecule has 0 saturated carbocycles. The Morgan fingerprint density at radius 2 is 1.57 bits per heavy atom. The quantitative estimate of drug-likeness (QED) is 0.476. The third kappa shape index (κ3) is 7.70. The van der Waals surface area contributed by atoms with Gasteiger partial charge in [-0.2, -0.15) is 58.8 Å². The topological polar surface area (TPSA) is 109 Å². The van der Waals surface area contributed by atoms with Gasteiger partial charge in [0, 0.05) is 24.8 Å². The monoisotopic (exact) mass is 568 g/mol. The molecule has 19 heteroatoms. The molecule has 9 nitrogen and oxygen atoms in total. The normalized spacial score (nSPS) is 16.5. The van der Waals surface area contributed by atoms with E-state index >= 15 is 0 Å². The summed E-state index contributed by atoms with van der Waals surface area (Å²) < 4.78 is 143. The number of hydrogen-bond acceptors (Lipinski definition) is 8. The molecule has 3 rings (SSSR count). The highest BCUT2D eigenvalue weighted by atomic mass is 32.2. The smallest absolute Gasteiger partial charge is 0.454 e. The van der Waals surface area contributed by atoms with Gasteiger partial charge in [-0.1, -0.05) is 6.07 Å². The summed E-state index contributed by atoms with van der Waals surface area (Å²) in [6.45, 7) is -2.83. The molecule has 0 bridgehead atoms. The van der Waals surface area contributed by atoms with Crippen molar-refractivity contribution >= 4 is 27.6 Å². The first-order valence-corrected chi connectivity index (χ1v) is 11.6. The highest BCUT2D eigenvalue weighted by Crippen LogP contribution is 2.32. The predicted molar refractivity (Wildman–Crippen MR) is 109 cm³/mol. The van der Waals surface area contributed by atoms with E-state index in [1.54, 1.807) is 0 Å². The molecule has 0 aliphatic carbocycles. The van der Waals surface area contributed by atoms with E-state index in [0.29, 0.717) is 6.07 Å². The van der Waals surface area contributed by atoms with Crippen molar-refractivity contribution < 1.29 is 52.7 Å². The molecule has 1 aliphatic rings. The fourth-order valence-corrected chi connectivity index (χ4v) is 4.14. The average Bonchev–Trinajstić information content (AvgIpc) is 2.76. The standard InChI is InChI=1S/C18H17F9N6O3S/c19-16(20,21)9-36-15-31-13(28-11-4-6-33(7-5-11)37(34,35)18(25,26)27)30-14(32-15)29-12-3-1-2-10(8-12)17(22,23)24/h1-3,8,11H,4-7,9H2,(H2,28,29,30,31,32). The Labute approximate surface area is 203 Å². The minimum Gasteiger partial charge on any atom is -0.454 e. The van der Waals surface area contributed by atoms with Gasteiger partial charge in [-0.15, -0.1) is 0 Å². The van der Waals surface area contributed by atoms with Crippen molar-refractivity contribution in [2.45, 2.75) is 36.7 Å². The highest BCUT2D eigenvalue weighted by molar-refractivity contribution is 7.90. The minimum atomic E-state index is -5.53. The van der Waals surface area contributed by atoms with Gasteiger partial charge < -0.3 is 15.4 Å². The van der Waals surface area contributed by atoms with E-state index in [2.05, 4.69) is 30.3 Å². The Hall–Kier alpha value is -3.09. The van der Waals surface area contributed by atoms with Crippen molar-refractivity contribution in [3.05, 3.63) is 29.8 Å². The van der Waals surface area contributed by atoms with Crippen molar-refractivity contribution in [2.75, 3.05) is 30.3 Å². The number of nitrogens with zero attached hydrogens (tertiary/aromatic N) is 4. The van der Waals surface area contributed by atoms with Crippen LogP contribution in [0.25, 0.3) is 0 Å². The molecule has 2 N–H and O–H groups in total. The summed E-state index contributed by atoms with van der Waals surface area (Å²) in [6, 6.07) is 2.22. The molecule has 0 radical (unpaired) electrons. The zero-order valence-corrected chi connectivity index (χ0v) is 19.1.